The quantitative estimate of drug-likeness (QED) is 0.871. The van der Waals surface area contributed by atoms with Crippen molar-refractivity contribution in [3.8, 4) is 0 Å². The van der Waals surface area contributed by atoms with Crippen molar-refractivity contribution in [1.29, 1.82) is 0 Å². The van der Waals surface area contributed by atoms with Crippen molar-refractivity contribution in [1.82, 2.24) is 5.32 Å². The fourth-order valence-corrected chi connectivity index (χ4v) is 5.40. The van der Waals surface area contributed by atoms with E-state index in [-0.39, 0.29) is 10.8 Å². The number of benzene rings is 1. The van der Waals surface area contributed by atoms with E-state index in [1.807, 2.05) is 6.07 Å². The molecule has 0 aliphatic heterocycles. The van der Waals surface area contributed by atoms with Crippen LogP contribution in [0.1, 0.15) is 37.7 Å². The van der Waals surface area contributed by atoms with Crippen LogP contribution in [-0.2, 0) is 6.54 Å². The predicted octanol–water partition coefficient (Wildman–Crippen LogP) is 4.39. The molecule has 0 amide bonds. The van der Waals surface area contributed by atoms with Crippen LogP contribution in [0.4, 0.5) is 4.39 Å². The van der Waals surface area contributed by atoms with Crippen LogP contribution < -0.4 is 5.32 Å². The molecule has 20 heavy (non-hydrogen) atoms. The van der Waals surface area contributed by atoms with Gasteiger partial charge in [-0.3, -0.25) is 0 Å². The van der Waals surface area contributed by atoms with Gasteiger partial charge >= 0.3 is 0 Å². The first kappa shape index (κ1) is 13.1. The SMILES string of the molecule is Fc1ccc(CNC2CC3CC2C2CCCC32)cc1Cl. The Morgan fingerprint density at radius 1 is 1.15 bits per heavy atom. The molecule has 4 rings (SSSR count). The molecule has 3 fully saturated rings. The van der Waals surface area contributed by atoms with Crippen LogP contribution >= 0.6 is 11.6 Å². The Bertz CT molecular complexity index is 518. The third kappa shape index (κ3) is 2.08. The minimum absolute atomic E-state index is 0.230. The summed E-state index contributed by atoms with van der Waals surface area (Å²) in [6.07, 6.45) is 7.17. The highest BCUT2D eigenvalue weighted by Gasteiger charge is 2.53. The molecule has 1 aromatic rings. The average Bonchev–Trinajstić information content (AvgIpc) is 3.11. The summed E-state index contributed by atoms with van der Waals surface area (Å²) in [7, 11) is 0. The third-order valence-electron chi connectivity index (χ3n) is 5.98. The lowest BCUT2D eigenvalue weighted by molar-refractivity contribution is 0.208. The van der Waals surface area contributed by atoms with E-state index in [1.165, 1.54) is 38.2 Å². The lowest BCUT2D eigenvalue weighted by atomic mass is 9.79. The van der Waals surface area contributed by atoms with Crippen LogP contribution in [0.15, 0.2) is 18.2 Å². The Labute approximate surface area is 124 Å². The van der Waals surface area contributed by atoms with E-state index in [9.17, 15) is 4.39 Å². The minimum Gasteiger partial charge on any atom is -0.310 e. The lowest BCUT2D eigenvalue weighted by Crippen LogP contribution is -2.38. The van der Waals surface area contributed by atoms with Gasteiger partial charge in [-0.2, -0.15) is 0 Å². The molecule has 1 aromatic carbocycles. The molecule has 0 spiro atoms. The van der Waals surface area contributed by atoms with E-state index >= 15 is 0 Å². The molecule has 0 heterocycles. The van der Waals surface area contributed by atoms with Gasteiger partial charge in [0.15, 0.2) is 0 Å². The summed E-state index contributed by atoms with van der Waals surface area (Å²) in [5.74, 6) is 3.57. The average molecular weight is 294 g/mol. The highest BCUT2D eigenvalue weighted by Crippen LogP contribution is 2.58. The van der Waals surface area contributed by atoms with Gasteiger partial charge in [-0.05, 0) is 67.1 Å². The maximum absolute atomic E-state index is 13.2. The second kappa shape index (κ2) is 4.99. The van der Waals surface area contributed by atoms with Crippen molar-refractivity contribution in [3.63, 3.8) is 0 Å². The summed E-state index contributed by atoms with van der Waals surface area (Å²) in [5, 5.41) is 3.94. The molecule has 1 N–H and O–H groups in total. The molecule has 3 saturated carbocycles. The highest BCUT2D eigenvalue weighted by atomic mass is 35.5. The van der Waals surface area contributed by atoms with Gasteiger partial charge in [0, 0.05) is 12.6 Å². The standard InChI is InChI=1S/C17H21ClFN/c18-15-6-10(4-5-16(15)19)9-20-17-8-11-7-14(17)13-3-1-2-12(11)13/h4-6,11-14,17,20H,1-3,7-9H2. The second-order valence-corrected chi connectivity index (χ2v) is 7.30. The molecule has 3 heteroatoms. The fourth-order valence-electron chi connectivity index (χ4n) is 5.20. The van der Waals surface area contributed by atoms with Crippen molar-refractivity contribution in [2.45, 2.75) is 44.7 Å². The first-order valence-corrected chi connectivity index (χ1v) is 8.27. The van der Waals surface area contributed by atoms with Crippen LogP contribution in [0.3, 0.4) is 0 Å². The first-order valence-electron chi connectivity index (χ1n) is 7.89. The molecule has 3 aliphatic rings. The van der Waals surface area contributed by atoms with Crippen molar-refractivity contribution >= 4 is 11.6 Å². The van der Waals surface area contributed by atoms with Gasteiger partial charge in [0.2, 0.25) is 0 Å². The molecule has 5 unspecified atom stereocenters. The maximum Gasteiger partial charge on any atom is 0.141 e. The molecule has 2 bridgehead atoms. The van der Waals surface area contributed by atoms with Gasteiger partial charge in [0.05, 0.1) is 5.02 Å². The molecule has 5 atom stereocenters. The Kier molecular flexibility index (Phi) is 3.27. The third-order valence-corrected chi connectivity index (χ3v) is 6.27. The topological polar surface area (TPSA) is 12.0 Å². The molecule has 108 valence electrons. The van der Waals surface area contributed by atoms with E-state index in [1.54, 1.807) is 6.07 Å². The van der Waals surface area contributed by atoms with Crippen LogP contribution in [0, 0.1) is 29.5 Å². The number of rotatable bonds is 3. The van der Waals surface area contributed by atoms with Gasteiger partial charge in [-0.1, -0.05) is 24.1 Å². The Morgan fingerprint density at radius 2 is 2.00 bits per heavy atom. The van der Waals surface area contributed by atoms with Crippen LogP contribution in [0.25, 0.3) is 0 Å². The van der Waals surface area contributed by atoms with E-state index in [2.05, 4.69) is 5.32 Å². The zero-order valence-corrected chi connectivity index (χ0v) is 12.4. The predicted molar refractivity (Wildman–Crippen MR) is 79.1 cm³/mol. The highest BCUT2D eigenvalue weighted by molar-refractivity contribution is 6.30. The molecule has 0 saturated heterocycles. The summed E-state index contributed by atoms with van der Waals surface area (Å²) in [6, 6.07) is 5.71. The molecule has 1 nitrogen and oxygen atoms in total. The van der Waals surface area contributed by atoms with E-state index in [4.69, 9.17) is 11.6 Å². The van der Waals surface area contributed by atoms with E-state index < -0.39 is 0 Å². The van der Waals surface area contributed by atoms with Crippen molar-refractivity contribution in [3.05, 3.63) is 34.6 Å². The first-order chi connectivity index (χ1) is 9.72. The molecular weight excluding hydrogens is 273 g/mol. The zero-order valence-electron chi connectivity index (χ0n) is 11.6. The number of halogens is 2. The Morgan fingerprint density at radius 3 is 2.85 bits per heavy atom. The molecule has 0 aromatic heterocycles. The smallest absolute Gasteiger partial charge is 0.141 e. The number of fused-ring (bicyclic) bond motifs is 5. The Balaban J connectivity index is 1.40. The van der Waals surface area contributed by atoms with Gasteiger partial charge in [-0.25, -0.2) is 4.39 Å². The summed E-state index contributed by atoms with van der Waals surface area (Å²) in [6.45, 7) is 0.811. The number of nitrogens with one attached hydrogen (secondary N) is 1. The monoisotopic (exact) mass is 293 g/mol. The van der Waals surface area contributed by atoms with Crippen molar-refractivity contribution in [2.75, 3.05) is 0 Å². The number of hydrogen-bond acceptors (Lipinski definition) is 1. The summed E-state index contributed by atoms with van der Waals surface area (Å²) >= 11 is 5.84. The summed E-state index contributed by atoms with van der Waals surface area (Å²) < 4.78 is 13.2. The lowest BCUT2D eigenvalue weighted by Gasteiger charge is -2.32. The van der Waals surface area contributed by atoms with Crippen molar-refractivity contribution in [2.24, 2.45) is 23.7 Å². The van der Waals surface area contributed by atoms with Crippen LogP contribution in [0.5, 0.6) is 0 Å². The largest absolute Gasteiger partial charge is 0.310 e. The summed E-state index contributed by atoms with van der Waals surface area (Å²) in [5.41, 5.74) is 1.09. The van der Waals surface area contributed by atoms with Gasteiger partial charge in [0.1, 0.15) is 5.82 Å². The maximum atomic E-state index is 13.2. The normalized spacial score (nSPS) is 38.4. The Hall–Kier alpha value is -0.600. The zero-order chi connectivity index (χ0) is 13.7. The molecule has 3 aliphatic carbocycles. The van der Waals surface area contributed by atoms with E-state index in [0.717, 1.165) is 35.8 Å². The van der Waals surface area contributed by atoms with E-state index in [0.29, 0.717) is 6.04 Å². The van der Waals surface area contributed by atoms with Gasteiger partial charge in [-0.15, -0.1) is 0 Å². The van der Waals surface area contributed by atoms with Crippen LogP contribution in [0.2, 0.25) is 5.02 Å². The second-order valence-electron chi connectivity index (χ2n) is 6.89. The van der Waals surface area contributed by atoms with Gasteiger partial charge in [0.25, 0.3) is 0 Å². The fraction of sp³-hybridized carbons (Fsp3) is 0.647. The van der Waals surface area contributed by atoms with Crippen LogP contribution in [-0.4, -0.2) is 6.04 Å². The van der Waals surface area contributed by atoms with Gasteiger partial charge < -0.3 is 5.32 Å². The van der Waals surface area contributed by atoms with Crippen molar-refractivity contribution < 1.29 is 4.39 Å². The molecular formula is C17H21ClFN. The minimum atomic E-state index is -0.330. The summed E-state index contributed by atoms with van der Waals surface area (Å²) in [4.78, 5) is 0. The molecule has 0 radical (unpaired) electrons. The number of hydrogen-bond donors (Lipinski definition) is 1.